The van der Waals surface area contributed by atoms with Crippen LogP contribution in [0.5, 0.6) is 5.75 Å². The number of hydrogen-bond donors (Lipinski definition) is 3. The van der Waals surface area contributed by atoms with Crippen LogP contribution in [0.1, 0.15) is 12.5 Å². The van der Waals surface area contributed by atoms with Crippen LogP contribution in [-0.4, -0.2) is 50.7 Å². The Morgan fingerprint density at radius 1 is 1.33 bits per heavy atom. The van der Waals surface area contributed by atoms with Crippen molar-refractivity contribution >= 4 is 15.7 Å². The van der Waals surface area contributed by atoms with Crippen LogP contribution in [0, 0.1) is 0 Å². The van der Waals surface area contributed by atoms with Crippen molar-refractivity contribution in [3.05, 3.63) is 29.8 Å². The van der Waals surface area contributed by atoms with E-state index in [2.05, 4.69) is 10.5 Å². The van der Waals surface area contributed by atoms with Gasteiger partial charge in [0.15, 0.2) is 15.7 Å². The van der Waals surface area contributed by atoms with Crippen LogP contribution in [0.25, 0.3) is 0 Å². The third-order valence-corrected chi connectivity index (χ3v) is 4.54. The Kier molecular flexibility index (Phi) is 6.97. The van der Waals surface area contributed by atoms with Crippen molar-refractivity contribution in [1.82, 2.24) is 5.32 Å². The van der Waals surface area contributed by atoms with Crippen LogP contribution in [0.15, 0.2) is 29.4 Å². The molecule has 0 unspecified atom stereocenters. The zero-order valence-electron chi connectivity index (χ0n) is 11.9. The monoisotopic (exact) mass is 315 g/mol. The summed E-state index contributed by atoms with van der Waals surface area (Å²) in [5, 5.41) is 14.5. The standard InChI is InChI=1S/C13H21N3O4S/c1-2-21(18,19)10-8-15-7-9-20-12-5-3-11(4-6-12)13(14)16-17/h3-6,15,17H,2,7-10H2,1H3,(H2,14,16). The summed E-state index contributed by atoms with van der Waals surface area (Å²) in [5.41, 5.74) is 6.05. The number of sulfone groups is 1. The maximum absolute atomic E-state index is 11.3. The second-order valence-corrected chi connectivity index (χ2v) is 6.82. The number of nitrogens with zero attached hydrogens (tertiary/aromatic N) is 1. The number of benzene rings is 1. The first-order valence-corrected chi connectivity index (χ1v) is 8.42. The predicted octanol–water partition coefficient (Wildman–Crippen LogP) is 0.184. The molecule has 0 radical (unpaired) electrons. The molecule has 0 amide bonds. The van der Waals surface area contributed by atoms with Gasteiger partial charge in [-0.05, 0) is 24.3 Å². The number of hydrogen-bond acceptors (Lipinski definition) is 6. The van der Waals surface area contributed by atoms with Crippen molar-refractivity contribution in [3.8, 4) is 5.75 Å². The first kappa shape index (κ1) is 17.3. The molecule has 0 saturated carbocycles. The van der Waals surface area contributed by atoms with E-state index in [-0.39, 0.29) is 17.3 Å². The molecule has 0 bridgehead atoms. The van der Waals surface area contributed by atoms with Crippen molar-refractivity contribution in [2.24, 2.45) is 10.9 Å². The molecule has 0 aliphatic rings. The Morgan fingerprint density at radius 2 is 2.00 bits per heavy atom. The smallest absolute Gasteiger partial charge is 0.170 e. The van der Waals surface area contributed by atoms with Gasteiger partial charge in [-0.1, -0.05) is 12.1 Å². The second-order valence-electron chi connectivity index (χ2n) is 4.34. The number of amidine groups is 1. The average Bonchev–Trinajstić information content (AvgIpc) is 2.50. The molecule has 118 valence electrons. The lowest BCUT2D eigenvalue weighted by atomic mass is 10.2. The van der Waals surface area contributed by atoms with E-state index in [4.69, 9.17) is 15.7 Å². The molecular formula is C13H21N3O4S. The minimum Gasteiger partial charge on any atom is -0.492 e. The minimum atomic E-state index is -2.92. The predicted molar refractivity (Wildman–Crippen MR) is 81.6 cm³/mol. The van der Waals surface area contributed by atoms with Gasteiger partial charge in [0.2, 0.25) is 0 Å². The maximum atomic E-state index is 11.3. The Morgan fingerprint density at radius 3 is 2.57 bits per heavy atom. The zero-order valence-corrected chi connectivity index (χ0v) is 12.8. The topological polar surface area (TPSA) is 114 Å². The summed E-state index contributed by atoms with van der Waals surface area (Å²) in [6.07, 6.45) is 0. The molecule has 1 rings (SSSR count). The van der Waals surface area contributed by atoms with Gasteiger partial charge in [-0.25, -0.2) is 8.42 Å². The van der Waals surface area contributed by atoms with Crippen LogP contribution in [0.3, 0.4) is 0 Å². The Bertz CT molecular complexity index is 555. The first-order valence-electron chi connectivity index (χ1n) is 6.60. The molecule has 0 aromatic heterocycles. The fourth-order valence-electron chi connectivity index (χ4n) is 1.52. The molecule has 0 aliphatic carbocycles. The highest BCUT2D eigenvalue weighted by Gasteiger charge is 2.05. The van der Waals surface area contributed by atoms with Crippen molar-refractivity contribution in [1.29, 1.82) is 0 Å². The number of nitrogens with one attached hydrogen (secondary N) is 1. The Balaban J connectivity index is 2.24. The summed E-state index contributed by atoms with van der Waals surface area (Å²) in [6, 6.07) is 6.81. The molecule has 0 heterocycles. The number of nitrogens with two attached hydrogens (primary N) is 1. The summed E-state index contributed by atoms with van der Waals surface area (Å²) in [4.78, 5) is 0. The highest BCUT2D eigenvalue weighted by atomic mass is 32.2. The SMILES string of the molecule is CCS(=O)(=O)CCNCCOc1ccc(/C(N)=N/O)cc1. The van der Waals surface area contributed by atoms with Gasteiger partial charge >= 0.3 is 0 Å². The quantitative estimate of drug-likeness (QED) is 0.197. The van der Waals surface area contributed by atoms with Crippen molar-refractivity contribution in [3.63, 3.8) is 0 Å². The molecular weight excluding hydrogens is 294 g/mol. The molecule has 0 fully saturated rings. The van der Waals surface area contributed by atoms with Gasteiger partial charge in [0.25, 0.3) is 0 Å². The zero-order chi connectivity index (χ0) is 15.7. The molecule has 1 aromatic carbocycles. The van der Waals surface area contributed by atoms with Gasteiger partial charge in [0.1, 0.15) is 12.4 Å². The van der Waals surface area contributed by atoms with E-state index < -0.39 is 9.84 Å². The Hall–Kier alpha value is -1.80. The van der Waals surface area contributed by atoms with E-state index in [1.807, 2.05) is 0 Å². The number of oxime groups is 1. The molecule has 1 aromatic rings. The molecule has 0 saturated heterocycles. The van der Waals surface area contributed by atoms with Crippen LogP contribution < -0.4 is 15.8 Å². The summed E-state index contributed by atoms with van der Waals surface area (Å²) < 4.78 is 28.0. The largest absolute Gasteiger partial charge is 0.492 e. The molecule has 0 atom stereocenters. The lowest BCUT2D eigenvalue weighted by Crippen LogP contribution is -2.27. The molecule has 4 N–H and O–H groups in total. The van der Waals surface area contributed by atoms with Gasteiger partial charge in [-0.2, -0.15) is 0 Å². The third-order valence-electron chi connectivity index (χ3n) is 2.84. The summed E-state index contributed by atoms with van der Waals surface area (Å²) in [7, 11) is -2.92. The number of rotatable bonds is 9. The lowest BCUT2D eigenvalue weighted by molar-refractivity contribution is 0.315. The summed E-state index contributed by atoms with van der Waals surface area (Å²) >= 11 is 0. The summed E-state index contributed by atoms with van der Waals surface area (Å²) in [5.74, 6) is 1.00. The first-order chi connectivity index (χ1) is 9.98. The van der Waals surface area contributed by atoms with Gasteiger partial charge in [-0.15, -0.1) is 0 Å². The van der Waals surface area contributed by atoms with E-state index >= 15 is 0 Å². The third kappa shape index (κ3) is 6.46. The highest BCUT2D eigenvalue weighted by molar-refractivity contribution is 7.91. The van der Waals surface area contributed by atoms with E-state index in [0.29, 0.717) is 31.0 Å². The molecule has 0 aliphatic heterocycles. The maximum Gasteiger partial charge on any atom is 0.170 e. The van der Waals surface area contributed by atoms with E-state index in [1.54, 1.807) is 31.2 Å². The second kappa shape index (κ2) is 8.48. The summed E-state index contributed by atoms with van der Waals surface area (Å²) in [6.45, 7) is 3.04. The van der Waals surface area contributed by atoms with E-state index in [0.717, 1.165) is 0 Å². The van der Waals surface area contributed by atoms with Crippen molar-refractivity contribution in [2.45, 2.75) is 6.92 Å². The minimum absolute atomic E-state index is 0.0420. The average molecular weight is 315 g/mol. The molecule has 8 heteroatoms. The van der Waals surface area contributed by atoms with Crippen LogP contribution >= 0.6 is 0 Å². The molecule has 0 spiro atoms. The Labute approximate surface area is 124 Å². The normalized spacial score (nSPS) is 12.3. The number of ether oxygens (including phenoxy) is 1. The van der Waals surface area contributed by atoms with E-state index in [9.17, 15) is 8.42 Å². The fraction of sp³-hybridized carbons (Fsp3) is 0.462. The van der Waals surface area contributed by atoms with Crippen LogP contribution in [-0.2, 0) is 9.84 Å². The van der Waals surface area contributed by atoms with Crippen LogP contribution in [0.2, 0.25) is 0 Å². The fourth-order valence-corrected chi connectivity index (χ4v) is 2.26. The molecule has 21 heavy (non-hydrogen) atoms. The van der Waals surface area contributed by atoms with Gasteiger partial charge < -0.3 is 21.0 Å². The van der Waals surface area contributed by atoms with Crippen molar-refractivity contribution < 1.29 is 18.4 Å². The highest BCUT2D eigenvalue weighted by Crippen LogP contribution is 2.11. The van der Waals surface area contributed by atoms with E-state index in [1.165, 1.54) is 0 Å². The van der Waals surface area contributed by atoms with Gasteiger partial charge in [0, 0.05) is 24.4 Å². The van der Waals surface area contributed by atoms with Gasteiger partial charge in [-0.3, -0.25) is 0 Å². The van der Waals surface area contributed by atoms with Crippen LogP contribution in [0.4, 0.5) is 0 Å². The van der Waals surface area contributed by atoms with Crippen molar-refractivity contribution in [2.75, 3.05) is 31.2 Å². The lowest BCUT2D eigenvalue weighted by Gasteiger charge is -2.08. The molecule has 7 nitrogen and oxygen atoms in total. The van der Waals surface area contributed by atoms with Gasteiger partial charge in [0.05, 0.1) is 5.75 Å².